The number of nitrogens with zero attached hydrogens (tertiary/aromatic N) is 1. The van der Waals surface area contributed by atoms with E-state index in [0.29, 0.717) is 17.6 Å². The number of rotatable bonds is 5. The van der Waals surface area contributed by atoms with Gasteiger partial charge in [-0.25, -0.2) is 0 Å². The Kier molecular flexibility index (Phi) is 4.93. The molecule has 0 unspecified atom stereocenters. The van der Waals surface area contributed by atoms with Gasteiger partial charge in [-0.3, -0.25) is 19.0 Å². The van der Waals surface area contributed by atoms with Crippen LogP contribution in [0.25, 0.3) is 11.0 Å². The van der Waals surface area contributed by atoms with E-state index in [4.69, 9.17) is 0 Å². The Balaban J connectivity index is 1.69. The summed E-state index contributed by atoms with van der Waals surface area (Å²) < 4.78 is 1.23. The molecule has 1 aromatic heterocycles. The number of benzene rings is 1. The van der Waals surface area contributed by atoms with E-state index >= 15 is 0 Å². The highest BCUT2D eigenvalue weighted by molar-refractivity contribution is 5.79. The van der Waals surface area contributed by atoms with E-state index in [-0.39, 0.29) is 12.5 Å². The van der Waals surface area contributed by atoms with E-state index in [1.165, 1.54) is 23.0 Å². The number of hydrogen-bond donors (Lipinski definition) is 2. The average Bonchev–Trinajstić information content (AvgIpc) is 2.60. The largest absolute Gasteiger partial charge is 0.354 e. The van der Waals surface area contributed by atoms with Crippen molar-refractivity contribution in [2.24, 2.45) is 0 Å². The van der Waals surface area contributed by atoms with Gasteiger partial charge in [0.15, 0.2) is 0 Å². The molecule has 0 aliphatic heterocycles. The zero-order valence-corrected chi connectivity index (χ0v) is 13.5. The summed E-state index contributed by atoms with van der Waals surface area (Å²) in [5.41, 5.74) is 1.06. The Morgan fingerprint density at radius 2 is 2.04 bits per heavy atom. The first-order chi connectivity index (χ1) is 11.6. The van der Waals surface area contributed by atoms with Gasteiger partial charge < -0.3 is 10.3 Å². The molecule has 1 aliphatic carbocycles. The summed E-state index contributed by atoms with van der Waals surface area (Å²) in [7, 11) is 0. The molecule has 1 aliphatic rings. The molecule has 6 heteroatoms. The Bertz CT molecular complexity index is 892. The summed E-state index contributed by atoms with van der Waals surface area (Å²) in [6, 6.07) is 6.96. The molecule has 2 aromatic rings. The van der Waals surface area contributed by atoms with Gasteiger partial charge >= 0.3 is 11.1 Å². The van der Waals surface area contributed by atoms with Gasteiger partial charge in [0.25, 0.3) is 0 Å². The fraction of sp³-hybridized carbons (Fsp3) is 0.389. The van der Waals surface area contributed by atoms with E-state index in [1.807, 2.05) is 0 Å². The van der Waals surface area contributed by atoms with Crippen LogP contribution in [0.2, 0.25) is 0 Å². The number of amides is 1. The summed E-state index contributed by atoms with van der Waals surface area (Å²) in [5.74, 6) is -0.260. The maximum Gasteiger partial charge on any atom is 0.317 e. The SMILES string of the molecule is O=C(Cn1c(=O)c(=O)[nH]c2ccccc21)NCCC1=CCCCC1. The van der Waals surface area contributed by atoms with Gasteiger partial charge in [0, 0.05) is 6.54 Å². The van der Waals surface area contributed by atoms with Crippen molar-refractivity contribution in [3.05, 3.63) is 56.6 Å². The van der Waals surface area contributed by atoms with Crippen LogP contribution in [0.4, 0.5) is 0 Å². The molecule has 1 heterocycles. The van der Waals surface area contributed by atoms with Crippen LogP contribution in [0, 0.1) is 0 Å². The van der Waals surface area contributed by atoms with Crippen molar-refractivity contribution in [1.29, 1.82) is 0 Å². The number of H-pyrrole nitrogens is 1. The zero-order chi connectivity index (χ0) is 16.9. The lowest BCUT2D eigenvalue weighted by molar-refractivity contribution is -0.121. The van der Waals surface area contributed by atoms with Crippen LogP contribution in [-0.2, 0) is 11.3 Å². The van der Waals surface area contributed by atoms with E-state index in [0.717, 1.165) is 19.3 Å². The highest BCUT2D eigenvalue weighted by atomic mass is 16.2. The number of aromatic amines is 1. The zero-order valence-electron chi connectivity index (χ0n) is 13.5. The summed E-state index contributed by atoms with van der Waals surface area (Å²) >= 11 is 0. The minimum absolute atomic E-state index is 0.150. The molecule has 6 nitrogen and oxygen atoms in total. The molecule has 0 radical (unpaired) electrons. The van der Waals surface area contributed by atoms with E-state index in [1.54, 1.807) is 24.3 Å². The summed E-state index contributed by atoms with van der Waals surface area (Å²) in [4.78, 5) is 38.5. The summed E-state index contributed by atoms with van der Waals surface area (Å²) in [6.07, 6.45) is 7.79. The van der Waals surface area contributed by atoms with E-state index < -0.39 is 11.1 Å². The molecular weight excluding hydrogens is 306 g/mol. The lowest BCUT2D eigenvalue weighted by atomic mass is 9.97. The fourth-order valence-corrected chi connectivity index (χ4v) is 3.07. The predicted octanol–water partition coefficient (Wildman–Crippen LogP) is 1.70. The smallest absolute Gasteiger partial charge is 0.317 e. The first-order valence-corrected chi connectivity index (χ1v) is 8.31. The monoisotopic (exact) mass is 327 g/mol. The maximum absolute atomic E-state index is 12.2. The number of allylic oxidation sites excluding steroid dienone is 1. The second kappa shape index (κ2) is 7.29. The summed E-state index contributed by atoms with van der Waals surface area (Å²) in [6.45, 7) is 0.406. The Morgan fingerprint density at radius 1 is 1.21 bits per heavy atom. The minimum Gasteiger partial charge on any atom is -0.354 e. The van der Waals surface area contributed by atoms with Crippen molar-refractivity contribution in [1.82, 2.24) is 14.9 Å². The van der Waals surface area contributed by atoms with Crippen LogP contribution in [0.5, 0.6) is 0 Å². The normalized spacial score (nSPS) is 14.4. The van der Waals surface area contributed by atoms with Crippen molar-refractivity contribution in [3.63, 3.8) is 0 Å². The number of carbonyl (C=O) groups excluding carboxylic acids is 1. The molecule has 0 saturated heterocycles. The topological polar surface area (TPSA) is 84.0 Å². The van der Waals surface area contributed by atoms with Gasteiger partial charge in [-0.1, -0.05) is 23.8 Å². The Labute approximate surface area is 139 Å². The Hall–Kier alpha value is -2.63. The number of fused-ring (bicyclic) bond motifs is 1. The number of aromatic nitrogens is 2. The quantitative estimate of drug-likeness (QED) is 0.647. The fourth-order valence-electron chi connectivity index (χ4n) is 3.07. The van der Waals surface area contributed by atoms with Crippen LogP contribution >= 0.6 is 0 Å². The van der Waals surface area contributed by atoms with Crippen molar-refractivity contribution in [3.8, 4) is 0 Å². The number of carbonyl (C=O) groups is 1. The van der Waals surface area contributed by atoms with Crippen molar-refractivity contribution >= 4 is 16.9 Å². The first kappa shape index (κ1) is 16.2. The van der Waals surface area contributed by atoms with Gasteiger partial charge in [0.2, 0.25) is 5.91 Å². The molecule has 1 aromatic carbocycles. The molecule has 24 heavy (non-hydrogen) atoms. The average molecular weight is 327 g/mol. The van der Waals surface area contributed by atoms with Crippen molar-refractivity contribution in [2.75, 3.05) is 6.54 Å². The number of nitrogens with one attached hydrogen (secondary N) is 2. The maximum atomic E-state index is 12.2. The van der Waals surface area contributed by atoms with Crippen LogP contribution in [0.1, 0.15) is 32.1 Å². The second-order valence-electron chi connectivity index (χ2n) is 6.07. The molecule has 0 bridgehead atoms. The van der Waals surface area contributed by atoms with Gasteiger partial charge in [0.1, 0.15) is 6.54 Å². The van der Waals surface area contributed by atoms with Crippen molar-refractivity contribution < 1.29 is 4.79 Å². The molecule has 0 spiro atoms. The molecular formula is C18H21N3O3. The highest BCUT2D eigenvalue weighted by Crippen LogP contribution is 2.19. The Morgan fingerprint density at radius 3 is 2.83 bits per heavy atom. The van der Waals surface area contributed by atoms with Gasteiger partial charge in [0.05, 0.1) is 11.0 Å². The van der Waals surface area contributed by atoms with E-state index in [2.05, 4.69) is 16.4 Å². The van der Waals surface area contributed by atoms with Crippen LogP contribution in [-0.4, -0.2) is 22.0 Å². The minimum atomic E-state index is -0.714. The molecule has 0 atom stereocenters. The van der Waals surface area contributed by atoms with Gasteiger partial charge in [-0.2, -0.15) is 0 Å². The van der Waals surface area contributed by atoms with Gasteiger partial charge in [-0.05, 0) is 44.2 Å². The lowest BCUT2D eigenvalue weighted by Crippen LogP contribution is -2.40. The predicted molar refractivity (Wildman–Crippen MR) is 93.0 cm³/mol. The lowest BCUT2D eigenvalue weighted by Gasteiger charge is -2.13. The van der Waals surface area contributed by atoms with E-state index in [9.17, 15) is 14.4 Å². The number of hydrogen-bond acceptors (Lipinski definition) is 3. The summed E-state index contributed by atoms with van der Waals surface area (Å²) in [5, 5.41) is 2.84. The first-order valence-electron chi connectivity index (χ1n) is 8.31. The third-order valence-corrected chi connectivity index (χ3v) is 4.34. The van der Waals surface area contributed by atoms with Crippen LogP contribution in [0.15, 0.2) is 45.5 Å². The van der Waals surface area contributed by atoms with Crippen LogP contribution in [0.3, 0.4) is 0 Å². The molecule has 3 rings (SSSR count). The third-order valence-electron chi connectivity index (χ3n) is 4.34. The molecule has 2 N–H and O–H groups in total. The standard InChI is InChI=1S/C18H21N3O3/c22-16(19-11-10-13-6-2-1-3-7-13)12-21-15-9-5-4-8-14(15)20-17(23)18(21)24/h4-6,8-9H,1-3,7,10-12H2,(H,19,22)(H,20,23). The van der Waals surface area contributed by atoms with Crippen molar-refractivity contribution in [2.45, 2.75) is 38.6 Å². The van der Waals surface area contributed by atoms with Crippen LogP contribution < -0.4 is 16.4 Å². The molecule has 0 fully saturated rings. The van der Waals surface area contributed by atoms with Gasteiger partial charge in [-0.15, -0.1) is 0 Å². The third kappa shape index (κ3) is 3.64. The second-order valence-corrected chi connectivity index (χ2v) is 6.07. The molecule has 1 amide bonds. The molecule has 0 saturated carbocycles. The highest BCUT2D eigenvalue weighted by Gasteiger charge is 2.11. The molecule has 126 valence electrons. The number of para-hydroxylation sites is 2.